The second-order valence-electron chi connectivity index (χ2n) is 5.85. The van der Waals surface area contributed by atoms with Crippen molar-refractivity contribution in [2.24, 2.45) is 0 Å². The molecule has 25 heavy (non-hydrogen) atoms. The van der Waals surface area contributed by atoms with Gasteiger partial charge in [-0.15, -0.1) is 11.8 Å². The van der Waals surface area contributed by atoms with Crippen LogP contribution in [0.2, 0.25) is 0 Å². The maximum atomic E-state index is 11.6. The average molecular weight is 368 g/mol. The number of hydrogen-bond acceptors (Lipinski definition) is 7. The molecule has 1 heterocycles. The standard InChI is InChI=1S/C18H24O6S/c1-11-15(23-12(2)19)16(24-13(3)20)17(18(22-11)25-4)21-10-14-8-6-5-7-9-14/h5-9,11,15-18H,10H2,1-4H3/t11-,15+,16+,17-,18-/m0/s1. The molecular weight excluding hydrogens is 344 g/mol. The number of carbonyl (C=O) groups is 2. The van der Waals surface area contributed by atoms with E-state index in [1.54, 1.807) is 6.92 Å². The predicted octanol–water partition coefficient (Wildman–Crippen LogP) is 2.54. The van der Waals surface area contributed by atoms with Gasteiger partial charge in [-0.05, 0) is 18.7 Å². The van der Waals surface area contributed by atoms with E-state index in [2.05, 4.69) is 0 Å². The average Bonchev–Trinajstić information content (AvgIpc) is 2.57. The van der Waals surface area contributed by atoms with Gasteiger partial charge in [-0.25, -0.2) is 0 Å². The van der Waals surface area contributed by atoms with Crippen LogP contribution < -0.4 is 0 Å². The van der Waals surface area contributed by atoms with Crippen LogP contribution in [0.4, 0.5) is 0 Å². The van der Waals surface area contributed by atoms with Crippen molar-refractivity contribution in [1.29, 1.82) is 0 Å². The largest absolute Gasteiger partial charge is 0.456 e. The number of ether oxygens (including phenoxy) is 4. The second kappa shape index (κ2) is 9.22. The molecule has 0 N–H and O–H groups in total. The molecule has 0 amide bonds. The lowest BCUT2D eigenvalue weighted by atomic mass is 10.00. The molecular formula is C18H24O6S. The number of thioether (sulfide) groups is 1. The highest BCUT2D eigenvalue weighted by atomic mass is 32.2. The Balaban J connectivity index is 2.21. The molecule has 0 aliphatic carbocycles. The Morgan fingerprint density at radius 3 is 2.20 bits per heavy atom. The smallest absolute Gasteiger partial charge is 0.303 e. The quantitative estimate of drug-likeness (QED) is 0.715. The Hall–Kier alpha value is -1.57. The minimum absolute atomic E-state index is 0.338. The first-order valence-corrected chi connectivity index (χ1v) is 9.39. The van der Waals surface area contributed by atoms with Gasteiger partial charge >= 0.3 is 11.9 Å². The zero-order valence-corrected chi connectivity index (χ0v) is 15.7. The van der Waals surface area contributed by atoms with Gasteiger partial charge in [0.1, 0.15) is 11.5 Å². The third-order valence-corrected chi connectivity index (χ3v) is 4.69. The molecule has 138 valence electrons. The number of hydrogen-bond donors (Lipinski definition) is 0. The number of rotatable bonds is 6. The molecule has 2 rings (SSSR count). The Labute approximate surface area is 152 Å². The summed E-state index contributed by atoms with van der Waals surface area (Å²) in [6.45, 7) is 4.77. The molecule has 1 aromatic rings. The maximum absolute atomic E-state index is 11.6. The van der Waals surface area contributed by atoms with Crippen molar-refractivity contribution < 1.29 is 28.5 Å². The van der Waals surface area contributed by atoms with Crippen LogP contribution >= 0.6 is 11.8 Å². The summed E-state index contributed by atoms with van der Waals surface area (Å²) in [5, 5.41) is 0. The van der Waals surface area contributed by atoms with Crippen LogP contribution in [0.3, 0.4) is 0 Å². The highest BCUT2D eigenvalue weighted by Crippen LogP contribution is 2.33. The van der Waals surface area contributed by atoms with Crippen molar-refractivity contribution in [3.8, 4) is 0 Å². The van der Waals surface area contributed by atoms with Gasteiger partial charge in [0, 0.05) is 13.8 Å². The molecule has 1 aliphatic heterocycles. The first-order valence-electron chi connectivity index (χ1n) is 8.10. The normalized spacial score (nSPS) is 29.0. The molecule has 0 spiro atoms. The Morgan fingerprint density at radius 1 is 1.04 bits per heavy atom. The molecule has 1 aromatic carbocycles. The van der Waals surface area contributed by atoms with Crippen LogP contribution in [0.5, 0.6) is 0 Å². The monoisotopic (exact) mass is 368 g/mol. The van der Waals surface area contributed by atoms with Gasteiger partial charge in [0.2, 0.25) is 0 Å². The third-order valence-electron chi connectivity index (χ3n) is 3.85. The summed E-state index contributed by atoms with van der Waals surface area (Å²) in [7, 11) is 0. The zero-order chi connectivity index (χ0) is 18.4. The number of carbonyl (C=O) groups excluding carboxylic acids is 2. The van der Waals surface area contributed by atoms with E-state index in [-0.39, 0.29) is 5.44 Å². The van der Waals surface area contributed by atoms with E-state index < -0.39 is 36.4 Å². The summed E-state index contributed by atoms with van der Waals surface area (Å²) in [4.78, 5) is 23.1. The molecule has 5 atom stereocenters. The molecule has 6 nitrogen and oxygen atoms in total. The lowest BCUT2D eigenvalue weighted by Crippen LogP contribution is -2.59. The molecule has 0 unspecified atom stereocenters. The van der Waals surface area contributed by atoms with Crippen molar-refractivity contribution in [3.05, 3.63) is 35.9 Å². The molecule has 1 aliphatic rings. The summed E-state index contributed by atoms with van der Waals surface area (Å²) < 4.78 is 22.8. The van der Waals surface area contributed by atoms with Gasteiger partial charge in [-0.3, -0.25) is 9.59 Å². The van der Waals surface area contributed by atoms with Crippen molar-refractivity contribution in [2.45, 2.75) is 57.2 Å². The van der Waals surface area contributed by atoms with E-state index in [0.29, 0.717) is 6.61 Å². The van der Waals surface area contributed by atoms with E-state index in [1.165, 1.54) is 25.6 Å². The summed E-state index contributed by atoms with van der Waals surface area (Å²) in [6.07, 6.45) is -0.522. The van der Waals surface area contributed by atoms with Gasteiger partial charge in [-0.2, -0.15) is 0 Å². The van der Waals surface area contributed by atoms with Crippen LogP contribution in [-0.4, -0.2) is 48.0 Å². The van der Waals surface area contributed by atoms with Crippen molar-refractivity contribution >= 4 is 23.7 Å². The van der Waals surface area contributed by atoms with Gasteiger partial charge in [0.25, 0.3) is 0 Å². The Kier molecular flexibility index (Phi) is 7.28. The van der Waals surface area contributed by atoms with Crippen molar-refractivity contribution in [2.75, 3.05) is 6.26 Å². The first-order chi connectivity index (χ1) is 11.9. The van der Waals surface area contributed by atoms with Crippen LogP contribution in [0.15, 0.2) is 30.3 Å². The summed E-state index contributed by atoms with van der Waals surface area (Å²) in [6, 6.07) is 9.68. The highest BCUT2D eigenvalue weighted by molar-refractivity contribution is 7.99. The van der Waals surface area contributed by atoms with Crippen LogP contribution in [0, 0.1) is 0 Å². The minimum Gasteiger partial charge on any atom is -0.456 e. The summed E-state index contributed by atoms with van der Waals surface area (Å²) in [5.41, 5.74) is 0.654. The fourth-order valence-electron chi connectivity index (χ4n) is 2.79. The lowest BCUT2D eigenvalue weighted by molar-refractivity contribution is -0.232. The Morgan fingerprint density at radius 2 is 1.64 bits per heavy atom. The van der Waals surface area contributed by atoms with E-state index in [1.807, 2.05) is 36.6 Å². The van der Waals surface area contributed by atoms with E-state index in [4.69, 9.17) is 18.9 Å². The first kappa shape index (κ1) is 19.8. The predicted molar refractivity (Wildman–Crippen MR) is 94.0 cm³/mol. The molecule has 1 fully saturated rings. The Bertz CT molecular complexity index is 578. The van der Waals surface area contributed by atoms with E-state index in [0.717, 1.165) is 5.56 Å². The van der Waals surface area contributed by atoms with E-state index in [9.17, 15) is 9.59 Å². The van der Waals surface area contributed by atoms with Gasteiger partial charge in [-0.1, -0.05) is 30.3 Å². The lowest BCUT2D eigenvalue weighted by Gasteiger charge is -2.43. The number of esters is 2. The van der Waals surface area contributed by atoms with Crippen molar-refractivity contribution in [1.82, 2.24) is 0 Å². The van der Waals surface area contributed by atoms with Gasteiger partial charge < -0.3 is 18.9 Å². The molecule has 0 saturated carbocycles. The molecule has 1 saturated heterocycles. The third kappa shape index (κ3) is 5.45. The zero-order valence-electron chi connectivity index (χ0n) is 14.8. The van der Waals surface area contributed by atoms with Crippen LogP contribution in [0.25, 0.3) is 0 Å². The van der Waals surface area contributed by atoms with Crippen LogP contribution in [0.1, 0.15) is 26.3 Å². The molecule has 0 radical (unpaired) electrons. The van der Waals surface area contributed by atoms with Crippen molar-refractivity contribution in [3.63, 3.8) is 0 Å². The summed E-state index contributed by atoms with van der Waals surface area (Å²) in [5.74, 6) is -0.911. The summed E-state index contributed by atoms with van der Waals surface area (Å²) >= 11 is 1.47. The highest BCUT2D eigenvalue weighted by Gasteiger charge is 2.48. The second-order valence-corrected chi connectivity index (χ2v) is 6.79. The minimum atomic E-state index is -0.730. The molecule has 0 bridgehead atoms. The molecule has 0 aromatic heterocycles. The van der Waals surface area contributed by atoms with Gasteiger partial charge in [0.05, 0.1) is 12.7 Å². The molecule has 7 heteroatoms. The van der Waals surface area contributed by atoms with Crippen LogP contribution in [-0.2, 0) is 35.1 Å². The maximum Gasteiger partial charge on any atom is 0.303 e. The topological polar surface area (TPSA) is 71.1 Å². The fourth-order valence-corrected chi connectivity index (χ4v) is 3.57. The fraction of sp³-hybridized carbons (Fsp3) is 0.556. The SMILES string of the molecule is CS[C@@H]1O[C@@H](C)[C@@H](OC(C)=O)[C@@H](OC(C)=O)[C@@H]1OCc1ccccc1. The number of benzene rings is 1. The van der Waals surface area contributed by atoms with Gasteiger partial charge in [0.15, 0.2) is 12.2 Å². The van der Waals surface area contributed by atoms with E-state index >= 15 is 0 Å².